The summed E-state index contributed by atoms with van der Waals surface area (Å²) in [5.41, 5.74) is 4.29. The number of carbonyl (C=O) groups excluding carboxylic acids is 4. The number of nitrogens with one attached hydrogen (secondary N) is 2. The summed E-state index contributed by atoms with van der Waals surface area (Å²) in [7, 11) is -10.1. The molecular formula is C101H114Cl2F2N12O20S2. The fourth-order valence-electron chi connectivity index (χ4n) is 17.7. The highest BCUT2D eigenvalue weighted by Gasteiger charge is 2.43. The summed E-state index contributed by atoms with van der Waals surface area (Å²) in [5, 5.41) is 27.5. The quantitative estimate of drug-likeness (QED) is 0.0171. The number of nitro groups is 2. The van der Waals surface area contributed by atoms with Crippen LogP contribution in [-0.2, 0) is 48.6 Å². The summed E-state index contributed by atoms with van der Waals surface area (Å²) < 4.78 is 135. The van der Waals surface area contributed by atoms with Crippen LogP contribution in [0.3, 0.4) is 0 Å². The van der Waals surface area contributed by atoms with Crippen LogP contribution in [0, 0.1) is 36.5 Å². The van der Waals surface area contributed by atoms with Gasteiger partial charge in [-0.1, -0.05) is 93.2 Å². The molecule has 38 heteroatoms. The first-order valence-corrected chi connectivity index (χ1v) is 50.0. The number of esters is 2. The van der Waals surface area contributed by atoms with E-state index in [0.717, 1.165) is 125 Å². The van der Waals surface area contributed by atoms with Crippen LogP contribution in [0.15, 0.2) is 191 Å². The summed E-state index contributed by atoms with van der Waals surface area (Å²) in [5.74, 6) is -4.13. The monoisotopic (exact) mass is 1990 g/mol. The van der Waals surface area contributed by atoms with E-state index in [1.54, 1.807) is 88.6 Å². The molecule has 0 unspecified atom stereocenters. The van der Waals surface area contributed by atoms with Crippen LogP contribution in [0.1, 0.15) is 164 Å². The standard InChI is InChI=1S/C51H58ClFN6O10S.C50H56ClFN6O10S/c1-49(2,3)48(61)68-33-58(70(64,65)40-11-13-44(43(28-40)59(62)63)67-32-51(53)17-24-66-25-18-51)47(60)41-12-10-38(27-45(41)69-39-26-35-15-19-54-46(35)55-30-39)57-22-20-56(21-23-57)31-36-14-16-50(4,5)29-42(36)34-6-8-37(52)9-7-34;1-4-5-46(59)67-33-57(69(63,64)40-11-13-44(43(28-40)58(61)62)66-32-50(52)17-24-65-25-18-50)48(60)41-12-10-38(27-45(41)68-39-26-35-15-19-53-47(35)54-30-39)56-22-20-55(21-23-56)31-36-14-16-49(2,3)29-42(36)34-6-8-37(51)9-7-34/h6-13,15,19,26-28,30H,14,16-18,20-25,29,31-33H2,1-5H3,(H,54,55);6-13,15,19,26-28,30H,4-5,14,16-18,20-25,29,31-33H2,1-3H3,(H,53,54). The summed E-state index contributed by atoms with van der Waals surface area (Å²) in [6, 6.07) is 38.4. The van der Waals surface area contributed by atoms with E-state index in [0.29, 0.717) is 73.9 Å². The molecule has 139 heavy (non-hydrogen) atoms. The number of sulfonamides is 2. The van der Waals surface area contributed by atoms with Crippen molar-refractivity contribution in [2.24, 2.45) is 16.2 Å². The Labute approximate surface area is 815 Å². The van der Waals surface area contributed by atoms with E-state index in [4.69, 9.17) is 61.1 Å². The van der Waals surface area contributed by atoms with Crippen LogP contribution >= 0.6 is 23.2 Å². The molecule has 10 aromatic rings. The number of hydrogen-bond acceptors (Lipinski definition) is 26. The van der Waals surface area contributed by atoms with Gasteiger partial charge in [-0.15, -0.1) is 0 Å². The summed E-state index contributed by atoms with van der Waals surface area (Å²) in [4.78, 5) is 101. The molecule has 0 radical (unpaired) electrons. The Bertz CT molecular complexity index is 6520. The first-order valence-electron chi connectivity index (χ1n) is 46.4. The number of nitro benzene ring substituents is 2. The van der Waals surface area contributed by atoms with Crippen LogP contribution in [0.25, 0.3) is 33.2 Å². The van der Waals surface area contributed by atoms with Crippen molar-refractivity contribution in [1.29, 1.82) is 0 Å². The van der Waals surface area contributed by atoms with Crippen molar-refractivity contribution in [3.05, 3.63) is 234 Å². The van der Waals surface area contributed by atoms with Crippen molar-refractivity contribution in [1.82, 2.24) is 38.3 Å². The van der Waals surface area contributed by atoms with Gasteiger partial charge in [-0.05, 0) is 196 Å². The van der Waals surface area contributed by atoms with Crippen LogP contribution in [0.2, 0.25) is 10.0 Å². The number of allylic oxidation sites excluding steroid dienone is 2. The van der Waals surface area contributed by atoms with Crippen molar-refractivity contribution in [2.75, 3.05) is 128 Å². The zero-order valence-electron chi connectivity index (χ0n) is 78.8. The van der Waals surface area contributed by atoms with Crippen LogP contribution in [-0.4, -0.2) is 219 Å². The first kappa shape index (κ1) is 101. The first-order chi connectivity index (χ1) is 66.2. The third-order valence-corrected chi connectivity index (χ3v) is 29.9. The van der Waals surface area contributed by atoms with Crippen molar-refractivity contribution in [3.63, 3.8) is 0 Å². The second-order valence-electron chi connectivity index (χ2n) is 38.5. The lowest BCUT2D eigenvalue weighted by molar-refractivity contribution is -0.386. The number of fused-ring (bicyclic) bond motifs is 2. The molecule has 2 amide bonds. The van der Waals surface area contributed by atoms with Crippen LogP contribution in [0.5, 0.6) is 34.5 Å². The Morgan fingerprint density at radius 3 is 1.29 bits per heavy atom. The van der Waals surface area contributed by atoms with Gasteiger partial charge < -0.3 is 57.7 Å². The predicted molar refractivity (Wildman–Crippen MR) is 522 cm³/mol. The Morgan fingerprint density at radius 1 is 0.518 bits per heavy atom. The lowest BCUT2D eigenvalue weighted by Gasteiger charge is -2.39. The van der Waals surface area contributed by atoms with Gasteiger partial charge in [0, 0.05) is 193 Å². The van der Waals surface area contributed by atoms with Gasteiger partial charge in [0.15, 0.2) is 25.0 Å². The summed E-state index contributed by atoms with van der Waals surface area (Å²) >= 11 is 12.5. The number of carbonyl (C=O) groups is 4. The number of nitrogens with zero attached hydrogens (tertiary/aromatic N) is 10. The second-order valence-corrected chi connectivity index (χ2v) is 43.1. The molecular weight excluding hydrogens is 1870 g/mol. The Hall–Kier alpha value is -12.2. The maximum atomic E-state index is 15.4. The number of aromatic amines is 2. The molecule has 0 atom stereocenters. The molecule has 4 aromatic heterocycles. The van der Waals surface area contributed by atoms with Gasteiger partial charge in [0.25, 0.3) is 31.9 Å². The SMILES string of the molecule is CC1(C)CCC(CN2CCN(c3ccc(C(=O)N(COC(=O)C(C)(C)C)S(=O)(=O)c4ccc(OCC5(F)CCOCC5)c([N+](=O)[O-])c4)c(Oc4cnc5[nH]ccc5c4)c3)CC2)=C(c2ccc(Cl)cc2)C1.CCCC(=O)OCN(C(=O)c1ccc(N2CCN(CC3=C(c4ccc(Cl)cc4)CC(C)(C)CC3)CC2)cc1Oc1cnc2[nH]ccc2c1)S(=O)(=O)c1ccc(OCC2(F)CCOCC2)c([N+](=O)[O-])c1. The Kier molecular flexibility index (Phi) is 31.2. The maximum Gasteiger partial charge on any atom is 0.312 e. The number of aromatic nitrogens is 4. The highest BCUT2D eigenvalue weighted by molar-refractivity contribution is 7.90. The van der Waals surface area contributed by atoms with Crippen LogP contribution in [0.4, 0.5) is 31.5 Å². The molecule has 6 aliphatic rings. The largest absolute Gasteiger partial charge is 0.483 e. The number of H-pyrrole nitrogens is 2. The summed E-state index contributed by atoms with van der Waals surface area (Å²) in [6.07, 6.45) is 12.9. The lowest BCUT2D eigenvalue weighted by Crippen LogP contribution is -2.47. The lowest BCUT2D eigenvalue weighted by atomic mass is 9.72. The van der Waals surface area contributed by atoms with Gasteiger partial charge in [-0.3, -0.25) is 49.2 Å². The smallest absolute Gasteiger partial charge is 0.312 e. The molecule has 2 aliphatic carbocycles. The number of anilines is 2. The van der Waals surface area contributed by atoms with Crippen molar-refractivity contribution < 1.29 is 92.5 Å². The van der Waals surface area contributed by atoms with E-state index < -0.39 is 118 Å². The zero-order valence-corrected chi connectivity index (χ0v) is 82.0. The second kappa shape index (κ2) is 42.9. The third kappa shape index (κ3) is 24.8. The maximum absolute atomic E-state index is 15.4. The minimum atomic E-state index is -5.04. The summed E-state index contributed by atoms with van der Waals surface area (Å²) in [6.45, 7) is 20.3. The third-order valence-electron chi connectivity index (χ3n) is 26.0. The highest BCUT2D eigenvalue weighted by Crippen LogP contribution is 2.48. The van der Waals surface area contributed by atoms with Gasteiger partial charge in [0.05, 0.1) is 48.6 Å². The average Bonchev–Trinajstić information content (AvgIpc) is 0.896. The molecule has 8 heterocycles. The molecule has 32 nitrogen and oxygen atoms in total. The van der Waals surface area contributed by atoms with Gasteiger partial charge in [0.1, 0.15) is 58.8 Å². The molecule has 0 saturated carbocycles. The zero-order chi connectivity index (χ0) is 98.9. The van der Waals surface area contributed by atoms with Gasteiger partial charge >= 0.3 is 23.3 Å². The van der Waals surface area contributed by atoms with E-state index in [2.05, 4.69) is 91.5 Å². The van der Waals surface area contributed by atoms with E-state index in [9.17, 15) is 56.2 Å². The Balaban J connectivity index is 0.000000211. The van der Waals surface area contributed by atoms with Crippen molar-refractivity contribution >= 4 is 123 Å². The Morgan fingerprint density at radius 2 is 0.914 bits per heavy atom. The molecule has 0 bridgehead atoms. The molecule has 738 valence electrons. The molecule has 2 N–H and O–H groups in total. The fourth-order valence-corrected chi connectivity index (χ4v) is 20.5. The van der Waals surface area contributed by atoms with E-state index >= 15 is 8.78 Å². The minimum Gasteiger partial charge on any atom is -0.483 e. The van der Waals surface area contributed by atoms with Crippen molar-refractivity contribution in [2.45, 2.75) is 154 Å². The van der Waals surface area contributed by atoms with Crippen molar-refractivity contribution in [3.8, 4) is 34.5 Å². The molecule has 6 aromatic carbocycles. The number of ether oxygens (including phenoxy) is 8. The number of alkyl halides is 2. The molecule has 0 spiro atoms. The number of amides is 2. The van der Waals surface area contributed by atoms with Gasteiger partial charge in [-0.25, -0.2) is 35.6 Å². The molecule has 4 saturated heterocycles. The highest BCUT2D eigenvalue weighted by atomic mass is 35.5. The normalized spacial score (nSPS) is 17.5. The topological polar surface area (TPSA) is 373 Å². The predicted octanol–water partition coefficient (Wildman–Crippen LogP) is 19.7. The number of piperazine rings is 2. The van der Waals surface area contributed by atoms with E-state index in [-0.39, 0.29) is 115 Å². The van der Waals surface area contributed by atoms with E-state index in [1.807, 2.05) is 24.3 Å². The van der Waals surface area contributed by atoms with Gasteiger partial charge in [-0.2, -0.15) is 8.61 Å². The number of hydrogen-bond donors (Lipinski definition) is 2. The number of rotatable bonds is 32. The van der Waals surface area contributed by atoms with E-state index in [1.165, 1.54) is 57.9 Å². The minimum absolute atomic E-state index is 0.0118. The van der Waals surface area contributed by atoms with Crippen LogP contribution < -0.4 is 28.7 Å². The molecule has 16 rings (SSSR count). The molecule has 4 aliphatic heterocycles. The number of pyridine rings is 2. The number of benzene rings is 6. The molecule has 4 fully saturated rings. The number of halogens is 4. The van der Waals surface area contributed by atoms with Gasteiger partial charge in [0.2, 0.25) is 0 Å². The fraction of sp³-hybridized carbons (Fsp3) is 0.426. The average molecular weight is 1990 g/mol.